The highest BCUT2D eigenvalue weighted by atomic mass is 127. The van der Waals surface area contributed by atoms with Crippen LogP contribution in [0.2, 0.25) is 0 Å². The summed E-state index contributed by atoms with van der Waals surface area (Å²) in [5, 5.41) is 6.69. The molecule has 1 aromatic carbocycles. The second-order valence-electron chi connectivity index (χ2n) is 5.95. The predicted molar refractivity (Wildman–Crippen MR) is 105 cm³/mol. The molecule has 5 heteroatoms. The Morgan fingerprint density at radius 2 is 1.82 bits per heavy atom. The maximum absolute atomic E-state index is 5.04. The first-order chi connectivity index (χ1) is 9.99. The molecule has 0 atom stereocenters. The van der Waals surface area contributed by atoms with Crippen LogP contribution in [-0.4, -0.2) is 39.8 Å². The number of hydrogen-bond acceptors (Lipinski definition) is 2. The SMILES string of the molecule is CN=C(NCCCOC)NCC(C)(C)c1ccc(C)cc1.I. The summed E-state index contributed by atoms with van der Waals surface area (Å²) in [6, 6.07) is 8.72. The number of ether oxygens (including phenoxy) is 1. The van der Waals surface area contributed by atoms with Gasteiger partial charge in [0.05, 0.1) is 0 Å². The fourth-order valence-electron chi connectivity index (χ4n) is 2.06. The highest BCUT2D eigenvalue weighted by Gasteiger charge is 2.20. The first-order valence-corrected chi connectivity index (χ1v) is 7.50. The number of halogens is 1. The van der Waals surface area contributed by atoms with Gasteiger partial charge in [0.25, 0.3) is 0 Å². The van der Waals surface area contributed by atoms with Crippen molar-refractivity contribution in [2.24, 2.45) is 4.99 Å². The lowest BCUT2D eigenvalue weighted by Crippen LogP contribution is -2.43. The molecule has 0 radical (unpaired) electrons. The maximum Gasteiger partial charge on any atom is 0.191 e. The molecule has 2 N–H and O–H groups in total. The zero-order valence-electron chi connectivity index (χ0n) is 14.4. The second kappa shape index (κ2) is 10.8. The van der Waals surface area contributed by atoms with Crippen LogP contribution in [0.25, 0.3) is 0 Å². The second-order valence-corrected chi connectivity index (χ2v) is 5.95. The van der Waals surface area contributed by atoms with Gasteiger partial charge in [0, 0.05) is 39.3 Å². The molecule has 0 aliphatic heterocycles. The molecule has 0 aliphatic rings. The molecule has 22 heavy (non-hydrogen) atoms. The van der Waals surface area contributed by atoms with Crippen LogP contribution in [0.3, 0.4) is 0 Å². The quantitative estimate of drug-likeness (QED) is 0.309. The minimum absolute atomic E-state index is 0. The van der Waals surface area contributed by atoms with Gasteiger partial charge in [0.15, 0.2) is 5.96 Å². The van der Waals surface area contributed by atoms with Crippen LogP contribution in [0.5, 0.6) is 0 Å². The molecule has 0 bridgehead atoms. The molecule has 0 spiro atoms. The third-order valence-electron chi connectivity index (χ3n) is 3.57. The molecule has 0 heterocycles. The van der Waals surface area contributed by atoms with E-state index >= 15 is 0 Å². The Kier molecular flexibility index (Phi) is 10.4. The van der Waals surface area contributed by atoms with E-state index in [1.807, 2.05) is 0 Å². The summed E-state index contributed by atoms with van der Waals surface area (Å²) < 4.78 is 5.04. The fraction of sp³-hybridized carbons (Fsp3) is 0.588. The number of hydrogen-bond donors (Lipinski definition) is 2. The molecular weight excluding hydrogens is 389 g/mol. The summed E-state index contributed by atoms with van der Waals surface area (Å²) in [6.07, 6.45) is 0.971. The van der Waals surface area contributed by atoms with E-state index in [0.29, 0.717) is 0 Å². The van der Waals surface area contributed by atoms with Gasteiger partial charge in [-0.3, -0.25) is 4.99 Å². The number of aliphatic imine (C=N–C) groups is 1. The van der Waals surface area contributed by atoms with Crippen LogP contribution in [0.4, 0.5) is 0 Å². The van der Waals surface area contributed by atoms with Crippen molar-refractivity contribution < 1.29 is 4.74 Å². The van der Waals surface area contributed by atoms with E-state index in [0.717, 1.165) is 32.1 Å². The predicted octanol–water partition coefficient (Wildman–Crippen LogP) is 3.09. The van der Waals surface area contributed by atoms with Crippen LogP contribution >= 0.6 is 24.0 Å². The number of benzene rings is 1. The minimum atomic E-state index is 0. The molecule has 4 nitrogen and oxygen atoms in total. The summed E-state index contributed by atoms with van der Waals surface area (Å²) in [5.74, 6) is 0.839. The molecule has 1 aromatic rings. The number of nitrogens with one attached hydrogen (secondary N) is 2. The van der Waals surface area contributed by atoms with E-state index in [-0.39, 0.29) is 29.4 Å². The Bertz CT molecular complexity index is 444. The van der Waals surface area contributed by atoms with Gasteiger partial charge >= 0.3 is 0 Å². The van der Waals surface area contributed by atoms with Crippen molar-refractivity contribution in [1.29, 1.82) is 0 Å². The number of guanidine groups is 1. The molecule has 0 amide bonds. The number of aryl methyl sites for hydroxylation is 1. The molecule has 0 saturated heterocycles. The first kappa shape index (κ1) is 21.2. The molecule has 1 rings (SSSR count). The van der Waals surface area contributed by atoms with E-state index < -0.39 is 0 Å². The number of methoxy groups -OCH3 is 1. The first-order valence-electron chi connectivity index (χ1n) is 7.50. The van der Waals surface area contributed by atoms with Crippen LogP contribution in [0.15, 0.2) is 29.3 Å². The number of rotatable bonds is 7. The van der Waals surface area contributed by atoms with Crippen molar-refractivity contribution in [3.63, 3.8) is 0 Å². The van der Waals surface area contributed by atoms with Gasteiger partial charge < -0.3 is 15.4 Å². The van der Waals surface area contributed by atoms with Crippen molar-refractivity contribution in [3.8, 4) is 0 Å². The van der Waals surface area contributed by atoms with Crippen LogP contribution in [0.1, 0.15) is 31.4 Å². The lowest BCUT2D eigenvalue weighted by molar-refractivity contribution is 0.195. The zero-order valence-corrected chi connectivity index (χ0v) is 16.7. The Hall–Kier alpha value is -0.820. The minimum Gasteiger partial charge on any atom is -0.385 e. The number of nitrogens with zero attached hydrogens (tertiary/aromatic N) is 1. The molecule has 0 saturated carbocycles. The van der Waals surface area contributed by atoms with E-state index in [1.165, 1.54) is 11.1 Å². The van der Waals surface area contributed by atoms with Gasteiger partial charge in [-0.25, -0.2) is 0 Å². The lowest BCUT2D eigenvalue weighted by atomic mass is 9.84. The average molecular weight is 419 g/mol. The maximum atomic E-state index is 5.04. The Morgan fingerprint density at radius 1 is 1.18 bits per heavy atom. The van der Waals surface area contributed by atoms with Crippen LogP contribution < -0.4 is 10.6 Å². The Labute approximate surface area is 152 Å². The molecule has 0 aromatic heterocycles. The largest absolute Gasteiger partial charge is 0.385 e. The zero-order chi connectivity index (χ0) is 15.7. The highest BCUT2D eigenvalue weighted by molar-refractivity contribution is 14.0. The Morgan fingerprint density at radius 3 is 2.36 bits per heavy atom. The molecule has 0 unspecified atom stereocenters. The van der Waals surface area contributed by atoms with Crippen molar-refractivity contribution in [2.75, 3.05) is 33.9 Å². The van der Waals surface area contributed by atoms with Gasteiger partial charge in [-0.05, 0) is 18.9 Å². The smallest absolute Gasteiger partial charge is 0.191 e. The lowest BCUT2D eigenvalue weighted by Gasteiger charge is -2.27. The van der Waals surface area contributed by atoms with Gasteiger partial charge in [-0.1, -0.05) is 43.7 Å². The van der Waals surface area contributed by atoms with Gasteiger partial charge in [0.1, 0.15) is 0 Å². The Balaban J connectivity index is 0.00000441. The third kappa shape index (κ3) is 7.45. The fourth-order valence-corrected chi connectivity index (χ4v) is 2.06. The van der Waals surface area contributed by atoms with Crippen molar-refractivity contribution in [1.82, 2.24) is 10.6 Å². The van der Waals surface area contributed by atoms with Crippen molar-refractivity contribution in [2.45, 2.75) is 32.6 Å². The van der Waals surface area contributed by atoms with E-state index in [1.54, 1.807) is 14.2 Å². The molecular formula is C17H30IN3O. The molecule has 126 valence electrons. The van der Waals surface area contributed by atoms with Gasteiger partial charge in [0.2, 0.25) is 0 Å². The van der Waals surface area contributed by atoms with Crippen molar-refractivity contribution in [3.05, 3.63) is 35.4 Å². The summed E-state index contributed by atoms with van der Waals surface area (Å²) in [6.45, 7) is 9.05. The van der Waals surface area contributed by atoms with E-state index in [4.69, 9.17) is 4.74 Å². The third-order valence-corrected chi connectivity index (χ3v) is 3.57. The molecule has 0 fully saturated rings. The highest BCUT2D eigenvalue weighted by Crippen LogP contribution is 2.22. The summed E-state index contributed by atoms with van der Waals surface area (Å²) in [4.78, 5) is 4.25. The summed E-state index contributed by atoms with van der Waals surface area (Å²) in [7, 11) is 3.52. The standard InChI is InChI=1S/C17H29N3O.HI/c1-14-7-9-15(10-8-14)17(2,3)13-20-16(18-4)19-11-6-12-21-5;/h7-10H,6,11-13H2,1-5H3,(H2,18,19,20);1H. The summed E-state index contributed by atoms with van der Waals surface area (Å²) in [5.41, 5.74) is 2.67. The monoisotopic (exact) mass is 419 g/mol. The van der Waals surface area contributed by atoms with Gasteiger partial charge in [-0.15, -0.1) is 24.0 Å². The van der Waals surface area contributed by atoms with E-state index in [9.17, 15) is 0 Å². The average Bonchev–Trinajstić information content (AvgIpc) is 2.47. The topological polar surface area (TPSA) is 45.7 Å². The van der Waals surface area contributed by atoms with Gasteiger partial charge in [-0.2, -0.15) is 0 Å². The van der Waals surface area contributed by atoms with Crippen LogP contribution in [0, 0.1) is 6.92 Å². The molecule has 0 aliphatic carbocycles. The van der Waals surface area contributed by atoms with E-state index in [2.05, 4.69) is 60.7 Å². The van der Waals surface area contributed by atoms with Crippen LogP contribution in [-0.2, 0) is 10.2 Å². The normalized spacial score (nSPS) is 11.8. The van der Waals surface area contributed by atoms with Crippen molar-refractivity contribution >= 4 is 29.9 Å². The summed E-state index contributed by atoms with van der Waals surface area (Å²) >= 11 is 0.